The first-order chi connectivity index (χ1) is 8.49. The highest BCUT2D eigenvalue weighted by Gasteiger charge is 2.16. The van der Waals surface area contributed by atoms with Crippen LogP contribution >= 0.6 is 0 Å². The van der Waals surface area contributed by atoms with Gasteiger partial charge in [0.05, 0.1) is 0 Å². The normalized spacial score (nSPS) is 9.94. The van der Waals surface area contributed by atoms with Crippen molar-refractivity contribution in [1.82, 2.24) is 5.32 Å². The summed E-state index contributed by atoms with van der Waals surface area (Å²) < 4.78 is 0. The minimum Gasteiger partial charge on any atom is -0.370 e. The van der Waals surface area contributed by atoms with Crippen LogP contribution in [-0.2, 0) is 6.42 Å². The van der Waals surface area contributed by atoms with Crippen LogP contribution in [0.4, 0.5) is 10.5 Å². The van der Waals surface area contributed by atoms with E-state index in [4.69, 9.17) is 11.1 Å². The second-order valence-corrected chi connectivity index (χ2v) is 4.07. The zero-order chi connectivity index (χ0) is 13.7. The summed E-state index contributed by atoms with van der Waals surface area (Å²) in [7, 11) is 0. The van der Waals surface area contributed by atoms with E-state index in [1.54, 1.807) is 4.90 Å². The predicted octanol–water partition coefficient (Wildman–Crippen LogP) is 1.99. The number of amides is 2. The molecule has 4 N–H and O–H groups in total. The summed E-state index contributed by atoms with van der Waals surface area (Å²) in [6, 6.07) is 5.60. The molecule has 98 valence electrons. The van der Waals surface area contributed by atoms with Crippen LogP contribution in [0.1, 0.15) is 25.0 Å². The van der Waals surface area contributed by atoms with Gasteiger partial charge >= 0.3 is 6.03 Å². The van der Waals surface area contributed by atoms with Gasteiger partial charge in [-0.25, -0.2) is 4.79 Å². The van der Waals surface area contributed by atoms with Crippen LogP contribution in [0.3, 0.4) is 0 Å². The van der Waals surface area contributed by atoms with Gasteiger partial charge in [-0.2, -0.15) is 0 Å². The molecule has 1 rings (SSSR count). The molecule has 0 aliphatic heterocycles. The number of aryl methyl sites for hydroxylation is 2. The summed E-state index contributed by atoms with van der Waals surface area (Å²) in [5, 5.41) is 9.41. The second-order valence-electron chi connectivity index (χ2n) is 4.07. The van der Waals surface area contributed by atoms with Gasteiger partial charge in [0.1, 0.15) is 0 Å². The average molecular weight is 248 g/mol. The van der Waals surface area contributed by atoms with E-state index in [0.29, 0.717) is 6.54 Å². The van der Waals surface area contributed by atoms with Crippen LogP contribution in [-0.4, -0.2) is 18.5 Å². The number of carbonyl (C=O) groups excluding carboxylic acids is 1. The van der Waals surface area contributed by atoms with Crippen LogP contribution in [0.2, 0.25) is 0 Å². The number of carbonyl (C=O) groups is 1. The minimum atomic E-state index is -0.372. The monoisotopic (exact) mass is 248 g/mol. The Labute approximate surface area is 107 Å². The van der Waals surface area contributed by atoms with Gasteiger partial charge in [0, 0.05) is 12.2 Å². The van der Waals surface area contributed by atoms with E-state index in [1.165, 1.54) is 5.56 Å². The third kappa shape index (κ3) is 3.23. The number of benzene rings is 1. The molecule has 0 fully saturated rings. The molecule has 0 unspecified atom stereocenters. The van der Waals surface area contributed by atoms with Gasteiger partial charge in [0.2, 0.25) is 0 Å². The third-order valence-electron chi connectivity index (χ3n) is 2.71. The molecule has 1 aromatic rings. The number of rotatable bonds is 3. The van der Waals surface area contributed by atoms with Crippen molar-refractivity contribution in [3.63, 3.8) is 0 Å². The van der Waals surface area contributed by atoms with Crippen LogP contribution in [0.25, 0.3) is 0 Å². The topological polar surface area (TPSA) is 82.2 Å². The summed E-state index contributed by atoms with van der Waals surface area (Å²) >= 11 is 0. The fourth-order valence-corrected chi connectivity index (χ4v) is 1.87. The van der Waals surface area contributed by atoms with E-state index in [1.807, 2.05) is 26.0 Å². The smallest absolute Gasteiger partial charge is 0.328 e. The van der Waals surface area contributed by atoms with E-state index >= 15 is 0 Å². The molecule has 1 aromatic carbocycles. The molecule has 2 amide bonds. The lowest BCUT2D eigenvalue weighted by Crippen LogP contribution is -2.45. The first-order valence-electron chi connectivity index (χ1n) is 6.01. The van der Waals surface area contributed by atoms with Crippen molar-refractivity contribution in [3.05, 3.63) is 29.3 Å². The SMILES string of the molecule is CCc1cc(C)ccc1N(CC)C(=O)NC(=N)N. The number of nitrogens with two attached hydrogens (primary N) is 1. The minimum absolute atomic E-state index is 0.344. The maximum atomic E-state index is 11.9. The molecular weight excluding hydrogens is 228 g/mol. The first-order valence-corrected chi connectivity index (χ1v) is 6.01. The van der Waals surface area contributed by atoms with E-state index in [9.17, 15) is 4.79 Å². The molecule has 0 saturated heterocycles. The molecule has 0 aliphatic carbocycles. The third-order valence-corrected chi connectivity index (χ3v) is 2.71. The standard InChI is InChI=1S/C13H20N4O/c1-4-10-8-9(3)6-7-11(10)17(5-2)13(18)16-12(14)15/h6-8H,4-5H2,1-3H3,(H4,14,15,16,18). The van der Waals surface area contributed by atoms with Gasteiger partial charge < -0.3 is 5.73 Å². The molecule has 0 aliphatic rings. The zero-order valence-electron chi connectivity index (χ0n) is 11.1. The quantitative estimate of drug-likeness (QED) is 0.564. The molecule has 5 heteroatoms. The molecule has 5 nitrogen and oxygen atoms in total. The molecule has 18 heavy (non-hydrogen) atoms. The highest BCUT2D eigenvalue weighted by molar-refractivity contribution is 6.02. The van der Waals surface area contributed by atoms with Gasteiger partial charge in [-0.1, -0.05) is 24.6 Å². The van der Waals surface area contributed by atoms with Gasteiger partial charge in [-0.05, 0) is 31.9 Å². The predicted molar refractivity (Wildman–Crippen MR) is 74.0 cm³/mol. The molecular formula is C13H20N4O. The van der Waals surface area contributed by atoms with Crippen molar-refractivity contribution in [2.45, 2.75) is 27.2 Å². The van der Waals surface area contributed by atoms with Crippen molar-refractivity contribution in [1.29, 1.82) is 5.41 Å². The highest BCUT2D eigenvalue weighted by Crippen LogP contribution is 2.22. The van der Waals surface area contributed by atoms with Crippen LogP contribution in [0, 0.1) is 12.3 Å². The Kier molecular flexibility index (Phi) is 4.71. The number of hydrogen-bond donors (Lipinski definition) is 3. The van der Waals surface area contributed by atoms with Crippen molar-refractivity contribution < 1.29 is 4.79 Å². The Morgan fingerprint density at radius 1 is 1.44 bits per heavy atom. The molecule has 0 atom stereocenters. The average Bonchev–Trinajstić information content (AvgIpc) is 2.30. The van der Waals surface area contributed by atoms with Crippen LogP contribution < -0.4 is 16.0 Å². The maximum Gasteiger partial charge on any atom is 0.328 e. The Hall–Kier alpha value is -2.04. The summed E-state index contributed by atoms with van der Waals surface area (Å²) in [5.74, 6) is -0.344. The Morgan fingerprint density at radius 2 is 2.11 bits per heavy atom. The number of guanidine groups is 1. The maximum absolute atomic E-state index is 11.9. The van der Waals surface area contributed by atoms with Crippen LogP contribution in [0.15, 0.2) is 18.2 Å². The lowest BCUT2D eigenvalue weighted by atomic mass is 10.1. The van der Waals surface area contributed by atoms with Gasteiger partial charge in [0.15, 0.2) is 5.96 Å². The first kappa shape index (κ1) is 14.0. The number of urea groups is 1. The number of nitrogens with one attached hydrogen (secondary N) is 2. The summed E-state index contributed by atoms with van der Waals surface area (Å²) in [5.41, 5.74) is 8.32. The molecule has 0 aromatic heterocycles. The number of hydrogen-bond acceptors (Lipinski definition) is 2. The lowest BCUT2D eigenvalue weighted by molar-refractivity contribution is 0.250. The number of anilines is 1. The van der Waals surface area contributed by atoms with Crippen LogP contribution in [0.5, 0.6) is 0 Å². The van der Waals surface area contributed by atoms with E-state index in [-0.39, 0.29) is 12.0 Å². The molecule has 0 saturated carbocycles. The fraction of sp³-hybridized carbons (Fsp3) is 0.385. The van der Waals surface area contributed by atoms with Crippen molar-refractivity contribution in [2.24, 2.45) is 5.73 Å². The van der Waals surface area contributed by atoms with Crippen molar-refractivity contribution >= 4 is 17.7 Å². The number of nitrogens with zero attached hydrogens (tertiary/aromatic N) is 1. The summed E-state index contributed by atoms with van der Waals surface area (Å²) in [6.07, 6.45) is 0.848. The van der Waals surface area contributed by atoms with Gasteiger partial charge in [-0.15, -0.1) is 0 Å². The fourth-order valence-electron chi connectivity index (χ4n) is 1.87. The van der Waals surface area contributed by atoms with Gasteiger partial charge in [0.25, 0.3) is 0 Å². The van der Waals surface area contributed by atoms with E-state index in [0.717, 1.165) is 17.7 Å². The molecule has 0 heterocycles. The Bertz CT molecular complexity index is 456. The molecule has 0 radical (unpaired) electrons. The Balaban J connectivity index is 3.08. The largest absolute Gasteiger partial charge is 0.370 e. The summed E-state index contributed by atoms with van der Waals surface area (Å²) in [6.45, 7) is 6.48. The van der Waals surface area contributed by atoms with E-state index in [2.05, 4.69) is 18.3 Å². The lowest BCUT2D eigenvalue weighted by Gasteiger charge is -2.23. The van der Waals surface area contributed by atoms with Crippen molar-refractivity contribution in [2.75, 3.05) is 11.4 Å². The summed E-state index contributed by atoms with van der Waals surface area (Å²) in [4.78, 5) is 13.5. The van der Waals surface area contributed by atoms with Gasteiger partial charge in [-0.3, -0.25) is 15.6 Å². The highest BCUT2D eigenvalue weighted by atomic mass is 16.2. The van der Waals surface area contributed by atoms with E-state index < -0.39 is 0 Å². The molecule has 0 bridgehead atoms. The van der Waals surface area contributed by atoms with Crippen molar-refractivity contribution in [3.8, 4) is 0 Å². The zero-order valence-corrected chi connectivity index (χ0v) is 11.1. The second kappa shape index (κ2) is 6.05. The Morgan fingerprint density at radius 3 is 2.61 bits per heavy atom. The molecule has 0 spiro atoms.